The number of hydrogen-bond donors (Lipinski definition) is 2. The zero-order chi connectivity index (χ0) is 12.8. The summed E-state index contributed by atoms with van der Waals surface area (Å²) >= 11 is 3.91. The van der Waals surface area contributed by atoms with E-state index in [1.54, 1.807) is 0 Å². The van der Waals surface area contributed by atoms with Crippen molar-refractivity contribution in [3.63, 3.8) is 0 Å². The van der Waals surface area contributed by atoms with E-state index in [2.05, 4.69) is 42.2 Å². The molecule has 0 aliphatic heterocycles. The lowest BCUT2D eigenvalue weighted by molar-refractivity contribution is -0.118. The van der Waals surface area contributed by atoms with Crippen molar-refractivity contribution in [3.05, 3.63) is 60.2 Å². The smallest absolute Gasteiger partial charge is 0.229 e. The zero-order valence-corrected chi connectivity index (χ0v) is 10.9. The van der Waals surface area contributed by atoms with Crippen LogP contribution in [0.1, 0.15) is 5.56 Å². The molecule has 92 valence electrons. The highest BCUT2D eigenvalue weighted by Crippen LogP contribution is 2.19. The Balaban J connectivity index is 2.04. The van der Waals surface area contributed by atoms with E-state index >= 15 is 0 Å². The Bertz CT molecular complexity index is 508. The van der Waals surface area contributed by atoms with Crippen molar-refractivity contribution in [1.29, 1.82) is 0 Å². The molecule has 0 radical (unpaired) electrons. The molecule has 0 aliphatic carbocycles. The molecule has 18 heavy (non-hydrogen) atoms. The van der Waals surface area contributed by atoms with Crippen LogP contribution in [0.3, 0.4) is 0 Å². The van der Waals surface area contributed by atoms with Crippen LogP contribution in [0.25, 0.3) is 11.1 Å². The molecular weight excluding hydrogens is 242 g/mol. The maximum absolute atomic E-state index is 11.1. The van der Waals surface area contributed by atoms with E-state index < -0.39 is 0 Å². The van der Waals surface area contributed by atoms with Gasteiger partial charge in [0.05, 0.1) is 5.75 Å². The maximum atomic E-state index is 11.1. The summed E-state index contributed by atoms with van der Waals surface area (Å²) in [6, 6.07) is 18.4. The number of benzene rings is 2. The zero-order valence-electron chi connectivity index (χ0n) is 9.97. The number of nitrogens with one attached hydrogen (secondary N) is 1. The van der Waals surface area contributed by atoms with Gasteiger partial charge in [-0.1, -0.05) is 54.6 Å². The molecule has 2 aromatic carbocycles. The highest BCUT2D eigenvalue weighted by atomic mass is 32.1. The number of amides is 1. The molecule has 0 bridgehead atoms. The molecule has 0 heterocycles. The molecule has 1 amide bonds. The quantitative estimate of drug-likeness (QED) is 0.810. The Labute approximate surface area is 112 Å². The Morgan fingerprint density at radius 3 is 2.17 bits per heavy atom. The molecular formula is C15H15NOS. The van der Waals surface area contributed by atoms with Crippen molar-refractivity contribution in [2.24, 2.45) is 0 Å². The van der Waals surface area contributed by atoms with Gasteiger partial charge in [-0.05, 0) is 16.7 Å². The molecule has 2 nitrogen and oxygen atoms in total. The second-order valence-corrected chi connectivity index (χ2v) is 4.31. The third-order valence-electron chi connectivity index (χ3n) is 2.69. The number of carbonyl (C=O) groups excluding carboxylic acids is 1. The van der Waals surface area contributed by atoms with E-state index in [4.69, 9.17) is 0 Å². The second kappa shape index (κ2) is 6.26. The Kier molecular flexibility index (Phi) is 4.42. The van der Waals surface area contributed by atoms with E-state index in [0.29, 0.717) is 6.54 Å². The molecule has 0 aliphatic rings. The molecule has 0 atom stereocenters. The second-order valence-electron chi connectivity index (χ2n) is 4.00. The molecule has 0 unspecified atom stereocenters. The summed E-state index contributed by atoms with van der Waals surface area (Å²) in [5.74, 6) is 0.174. The maximum Gasteiger partial charge on any atom is 0.229 e. The van der Waals surface area contributed by atoms with Gasteiger partial charge in [0.1, 0.15) is 0 Å². The van der Waals surface area contributed by atoms with Crippen LogP contribution in [-0.4, -0.2) is 11.7 Å². The SMILES string of the molecule is O=C(CS)NCc1ccc(-c2ccccc2)cc1. The van der Waals surface area contributed by atoms with Gasteiger partial charge in [-0.15, -0.1) is 0 Å². The number of thiol groups is 1. The Morgan fingerprint density at radius 2 is 1.56 bits per heavy atom. The van der Waals surface area contributed by atoms with Crippen LogP contribution >= 0.6 is 12.6 Å². The summed E-state index contributed by atoms with van der Waals surface area (Å²) < 4.78 is 0. The third kappa shape index (κ3) is 3.37. The minimum Gasteiger partial charge on any atom is -0.351 e. The molecule has 0 fully saturated rings. The van der Waals surface area contributed by atoms with Gasteiger partial charge < -0.3 is 5.32 Å². The fraction of sp³-hybridized carbons (Fsp3) is 0.133. The molecule has 1 N–H and O–H groups in total. The van der Waals surface area contributed by atoms with Gasteiger partial charge in [0, 0.05) is 6.54 Å². The van der Waals surface area contributed by atoms with Crippen LogP contribution < -0.4 is 5.32 Å². The first-order chi connectivity index (χ1) is 8.79. The van der Waals surface area contributed by atoms with Gasteiger partial charge in [-0.2, -0.15) is 12.6 Å². The van der Waals surface area contributed by atoms with Crippen molar-refractivity contribution in [2.45, 2.75) is 6.54 Å². The lowest BCUT2D eigenvalue weighted by Gasteiger charge is -2.05. The largest absolute Gasteiger partial charge is 0.351 e. The molecule has 0 saturated carbocycles. The van der Waals surface area contributed by atoms with E-state index in [1.165, 1.54) is 11.1 Å². The van der Waals surface area contributed by atoms with Crippen LogP contribution in [0.2, 0.25) is 0 Å². The molecule has 2 rings (SSSR count). The molecule has 3 heteroatoms. The van der Waals surface area contributed by atoms with Crippen LogP contribution in [0.15, 0.2) is 54.6 Å². The molecule has 2 aromatic rings. The predicted octanol–water partition coefficient (Wildman–Crippen LogP) is 2.90. The molecule has 0 saturated heterocycles. The normalized spacial score (nSPS) is 10.1. The van der Waals surface area contributed by atoms with Crippen molar-refractivity contribution < 1.29 is 4.79 Å². The van der Waals surface area contributed by atoms with Crippen LogP contribution in [0.4, 0.5) is 0 Å². The minimum absolute atomic E-state index is 0.0505. The van der Waals surface area contributed by atoms with Crippen molar-refractivity contribution >= 4 is 18.5 Å². The summed E-state index contributed by atoms with van der Waals surface area (Å²) in [7, 11) is 0. The predicted molar refractivity (Wildman–Crippen MR) is 77.6 cm³/mol. The van der Waals surface area contributed by atoms with Crippen molar-refractivity contribution in [2.75, 3.05) is 5.75 Å². The average Bonchev–Trinajstić information content (AvgIpc) is 2.46. The van der Waals surface area contributed by atoms with Crippen molar-refractivity contribution in [3.8, 4) is 11.1 Å². The topological polar surface area (TPSA) is 29.1 Å². The standard InChI is InChI=1S/C15H15NOS/c17-15(11-18)16-10-12-6-8-14(9-7-12)13-4-2-1-3-5-13/h1-9,18H,10-11H2,(H,16,17). The fourth-order valence-corrected chi connectivity index (χ4v) is 1.81. The lowest BCUT2D eigenvalue weighted by atomic mass is 10.0. The summed E-state index contributed by atoms with van der Waals surface area (Å²) in [6.45, 7) is 0.550. The van der Waals surface area contributed by atoms with Crippen molar-refractivity contribution in [1.82, 2.24) is 5.32 Å². The van der Waals surface area contributed by atoms with E-state index in [-0.39, 0.29) is 11.7 Å². The first-order valence-electron chi connectivity index (χ1n) is 5.81. The monoisotopic (exact) mass is 257 g/mol. The molecule has 0 aromatic heterocycles. The molecule has 0 spiro atoms. The van der Waals surface area contributed by atoms with Crippen LogP contribution in [0.5, 0.6) is 0 Å². The van der Waals surface area contributed by atoms with Gasteiger partial charge in [-0.25, -0.2) is 0 Å². The highest BCUT2D eigenvalue weighted by molar-refractivity contribution is 7.81. The third-order valence-corrected chi connectivity index (χ3v) is 2.98. The Morgan fingerprint density at radius 1 is 0.944 bits per heavy atom. The van der Waals surface area contributed by atoms with Gasteiger partial charge in [-0.3, -0.25) is 4.79 Å². The lowest BCUT2D eigenvalue weighted by Crippen LogP contribution is -2.23. The van der Waals surface area contributed by atoms with E-state index in [1.807, 2.05) is 30.3 Å². The van der Waals surface area contributed by atoms with Crippen LogP contribution in [0, 0.1) is 0 Å². The highest BCUT2D eigenvalue weighted by Gasteiger charge is 1.99. The number of carbonyl (C=O) groups is 1. The minimum atomic E-state index is -0.0505. The summed E-state index contributed by atoms with van der Waals surface area (Å²) in [5.41, 5.74) is 3.47. The van der Waals surface area contributed by atoms with Gasteiger partial charge in [0.15, 0.2) is 0 Å². The van der Waals surface area contributed by atoms with Gasteiger partial charge >= 0.3 is 0 Å². The number of rotatable bonds is 4. The van der Waals surface area contributed by atoms with Gasteiger partial charge in [0.2, 0.25) is 5.91 Å². The fourth-order valence-electron chi connectivity index (χ4n) is 1.70. The summed E-state index contributed by atoms with van der Waals surface area (Å²) in [4.78, 5) is 11.1. The van der Waals surface area contributed by atoms with Crippen LogP contribution in [-0.2, 0) is 11.3 Å². The first kappa shape index (κ1) is 12.7. The summed E-state index contributed by atoms with van der Waals surface area (Å²) in [6.07, 6.45) is 0. The van der Waals surface area contributed by atoms with E-state index in [0.717, 1.165) is 5.56 Å². The first-order valence-corrected chi connectivity index (χ1v) is 6.45. The van der Waals surface area contributed by atoms with Gasteiger partial charge in [0.25, 0.3) is 0 Å². The average molecular weight is 257 g/mol. The number of hydrogen-bond acceptors (Lipinski definition) is 2. The van der Waals surface area contributed by atoms with E-state index in [9.17, 15) is 4.79 Å². The Hall–Kier alpha value is -1.74. The summed E-state index contributed by atoms with van der Waals surface area (Å²) in [5, 5.41) is 2.79.